The monoisotopic (exact) mass is 431 g/mol. The van der Waals surface area contributed by atoms with Crippen molar-refractivity contribution >= 4 is 11.7 Å². The highest BCUT2D eigenvalue weighted by atomic mass is 16.5. The molecule has 0 N–H and O–H groups in total. The second-order valence-corrected chi connectivity index (χ2v) is 7.53. The number of hydrogen-bond acceptors (Lipinski definition) is 3. The van der Waals surface area contributed by atoms with Crippen LogP contribution in [0.1, 0.15) is 28.2 Å². The molecule has 0 bridgehead atoms. The van der Waals surface area contributed by atoms with Gasteiger partial charge < -0.3 is 4.74 Å². The van der Waals surface area contributed by atoms with E-state index >= 15 is 0 Å². The molecule has 0 saturated heterocycles. The third-order valence-corrected chi connectivity index (χ3v) is 5.36. The Labute approximate surface area is 194 Å². The second-order valence-electron chi connectivity index (χ2n) is 7.53. The van der Waals surface area contributed by atoms with Gasteiger partial charge in [-0.05, 0) is 17.2 Å². The lowest BCUT2D eigenvalue weighted by Crippen LogP contribution is -2.11. The van der Waals surface area contributed by atoms with E-state index < -0.39 is 5.97 Å². The van der Waals surface area contributed by atoms with Crippen molar-refractivity contribution in [3.05, 3.63) is 155 Å². The number of esters is 1. The molecular formula is C30H25NO2. The summed E-state index contributed by atoms with van der Waals surface area (Å²) >= 11 is 0. The molecule has 0 unspecified atom stereocenters. The van der Waals surface area contributed by atoms with Crippen molar-refractivity contribution in [2.24, 2.45) is 4.99 Å². The quantitative estimate of drug-likeness (QED) is 0.193. The van der Waals surface area contributed by atoms with Crippen LogP contribution in [-0.2, 0) is 9.53 Å². The van der Waals surface area contributed by atoms with Gasteiger partial charge in [-0.15, -0.1) is 0 Å². The van der Waals surface area contributed by atoms with Crippen LogP contribution in [0.15, 0.2) is 138 Å². The van der Waals surface area contributed by atoms with Gasteiger partial charge in [0.25, 0.3) is 0 Å². The zero-order chi connectivity index (χ0) is 22.9. The summed E-state index contributed by atoms with van der Waals surface area (Å²) in [4.78, 5) is 17.8. The lowest BCUT2D eigenvalue weighted by atomic mass is 9.90. The molecule has 4 aromatic rings. The zero-order valence-corrected chi connectivity index (χ0v) is 18.5. The normalized spacial score (nSPS) is 11.2. The highest BCUT2D eigenvalue weighted by Gasteiger charge is 2.18. The standard InChI is InChI=1S/C30H25NO2/c1-33-30(32)28(22-27(23-14-6-2-7-15-23)24-16-8-3-9-17-24)31-29(25-18-10-4-11-19-25)26-20-12-5-13-21-26/h2-22,27H,1H3/b28-22-. The van der Waals surface area contributed by atoms with Crippen molar-refractivity contribution < 1.29 is 9.53 Å². The van der Waals surface area contributed by atoms with E-state index in [1.807, 2.05) is 103 Å². The summed E-state index contributed by atoms with van der Waals surface area (Å²) in [7, 11) is 1.39. The van der Waals surface area contributed by atoms with Gasteiger partial charge in [0.2, 0.25) is 0 Å². The first-order valence-electron chi connectivity index (χ1n) is 10.9. The van der Waals surface area contributed by atoms with E-state index in [9.17, 15) is 4.79 Å². The van der Waals surface area contributed by atoms with Crippen molar-refractivity contribution in [1.29, 1.82) is 0 Å². The van der Waals surface area contributed by atoms with Gasteiger partial charge in [-0.2, -0.15) is 0 Å². The fraction of sp³-hybridized carbons (Fsp3) is 0.0667. The Balaban J connectivity index is 1.90. The molecule has 0 atom stereocenters. The van der Waals surface area contributed by atoms with Crippen LogP contribution in [0, 0.1) is 0 Å². The maximum absolute atomic E-state index is 12.9. The Morgan fingerprint density at radius 2 is 1.06 bits per heavy atom. The Kier molecular flexibility index (Phi) is 7.24. The number of allylic oxidation sites excluding steroid dienone is 1. The molecule has 0 aliphatic carbocycles. The number of methoxy groups -OCH3 is 1. The largest absolute Gasteiger partial charge is 0.464 e. The second kappa shape index (κ2) is 10.9. The molecule has 162 valence electrons. The van der Waals surface area contributed by atoms with Crippen LogP contribution in [0.5, 0.6) is 0 Å². The summed E-state index contributed by atoms with van der Waals surface area (Å²) in [5, 5.41) is 0. The van der Waals surface area contributed by atoms with Crippen molar-refractivity contribution in [1.82, 2.24) is 0 Å². The van der Waals surface area contributed by atoms with E-state index in [-0.39, 0.29) is 11.6 Å². The third-order valence-electron chi connectivity index (χ3n) is 5.36. The Hall–Kier alpha value is -4.24. The van der Waals surface area contributed by atoms with Crippen molar-refractivity contribution in [3.63, 3.8) is 0 Å². The number of carbonyl (C=O) groups is 1. The predicted molar refractivity (Wildman–Crippen MR) is 133 cm³/mol. The molecule has 0 heterocycles. The first kappa shape index (κ1) is 22.0. The molecule has 0 fully saturated rings. The Bertz CT molecular complexity index is 1150. The predicted octanol–water partition coefficient (Wildman–Crippen LogP) is 6.41. The van der Waals surface area contributed by atoms with E-state index in [2.05, 4.69) is 24.3 Å². The number of carbonyl (C=O) groups excluding carboxylic acids is 1. The summed E-state index contributed by atoms with van der Waals surface area (Å²) in [6.45, 7) is 0. The number of nitrogens with zero attached hydrogens (tertiary/aromatic N) is 1. The van der Waals surface area contributed by atoms with E-state index in [0.717, 1.165) is 22.3 Å². The Morgan fingerprint density at radius 1 is 0.667 bits per heavy atom. The van der Waals surface area contributed by atoms with Crippen molar-refractivity contribution in [2.75, 3.05) is 7.11 Å². The van der Waals surface area contributed by atoms with Gasteiger partial charge in [0, 0.05) is 17.0 Å². The summed E-state index contributed by atoms with van der Waals surface area (Å²) < 4.78 is 5.14. The van der Waals surface area contributed by atoms with Gasteiger partial charge >= 0.3 is 5.97 Å². The minimum atomic E-state index is -0.476. The van der Waals surface area contributed by atoms with E-state index in [4.69, 9.17) is 9.73 Å². The molecule has 33 heavy (non-hydrogen) atoms. The van der Waals surface area contributed by atoms with Gasteiger partial charge in [-0.3, -0.25) is 0 Å². The molecule has 0 aliphatic rings. The number of hydrogen-bond donors (Lipinski definition) is 0. The van der Waals surface area contributed by atoms with Crippen LogP contribution in [0.25, 0.3) is 0 Å². The molecule has 3 nitrogen and oxygen atoms in total. The first-order chi connectivity index (χ1) is 16.3. The number of benzene rings is 4. The first-order valence-corrected chi connectivity index (χ1v) is 10.9. The van der Waals surface area contributed by atoms with Crippen molar-refractivity contribution in [3.8, 4) is 0 Å². The summed E-state index contributed by atoms with van der Waals surface area (Å²) in [6.07, 6.45) is 1.89. The smallest absolute Gasteiger partial charge is 0.356 e. The average Bonchev–Trinajstić information content (AvgIpc) is 2.90. The van der Waals surface area contributed by atoms with Crippen LogP contribution in [0.2, 0.25) is 0 Å². The maximum Gasteiger partial charge on any atom is 0.356 e. The number of rotatable bonds is 7. The van der Waals surface area contributed by atoms with Crippen LogP contribution >= 0.6 is 0 Å². The lowest BCUT2D eigenvalue weighted by molar-refractivity contribution is -0.136. The van der Waals surface area contributed by atoms with Crippen LogP contribution in [-0.4, -0.2) is 18.8 Å². The molecule has 0 radical (unpaired) electrons. The fourth-order valence-corrected chi connectivity index (χ4v) is 3.73. The minimum absolute atomic E-state index is 0.155. The Morgan fingerprint density at radius 3 is 1.45 bits per heavy atom. The average molecular weight is 432 g/mol. The topological polar surface area (TPSA) is 38.7 Å². The van der Waals surface area contributed by atoms with Crippen LogP contribution in [0.3, 0.4) is 0 Å². The molecule has 0 saturated carbocycles. The summed E-state index contributed by atoms with van der Waals surface area (Å²) in [6, 6.07) is 39.9. The van der Waals surface area contributed by atoms with Gasteiger partial charge in [-0.1, -0.05) is 121 Å². The maximum atomic E-state index is 12.9. The highest BCUT2D eigenvalue weighted by molar-refractivity contribution is 6.14. The minimum Gasteiger partial charge on any atom is -0.464 e. The van der Waals surface area contributed by atoms with E-state index in [0.29, 0.717) is 5.71 Å². The SMILES string of the molecule is COC(=O)/C(=C/C(c1ccccc1)c1ccccc1)N=C(c1ccccc1)c1ccccc1. The van der Waals surface area contributed by atoms with Gasteiger partial charge in [-0.25, -0.2) is 9.79 Å². The van der Waals surface area contributed by atoms with Gasteiger partial charge in [0.1, 0.15) is 5.70 Å². The summed E-state index contributed by atoms with van der Waals surface area (Å²) in [5.74, 6) is -0.630. The molecule has 4 aromatic carbocycles. The number of aliphatic imine (C=N–C) groups is 1. The lowest BCUT2D eigenvalue weighted by Gasteiger charge is -2.16. The molecule has 0 aliphatic heterocycles. The van der Waals surface area contributed by atoms with Crippen LogP contribution < -0.4 is 0 Å². The van der Waals surface area contributed by atoms with Crippen molar-refractivity contribution in [2.45, 2.75) is 5.92 Å². The zero-order valence-electron chi connectivity index (χ0n) is 18.5. The van der Waals surface area contributed by atoms with Gasteiger partial charge in [0.15, 0.2) is 0 Å². The fourth-order valence-electron chi connectivity index (χ4n) is 3.73. The van der Waals surface area contributed by atoms with E-state index in [1.165, 1.54) is 7.11 Å². The molecule has 0 aromatic heterocycles. The molecule has 0 spiro atoms. The summed E-state index contributed by atoms with van der Waals surface area (Å²) in [5.41, 5.74) is 4.97. The van der Waals surface area contributed by atoms with Crippen LogP contribution in [0.4, 0.5) is 0 Å². The molecule has 4 rings (SSSR count). The third kappa shape index (κ3) is 5.52. The van der Waals surface area contributed by atoms with Gasteiger partial charge in [0.05, 0.1) is 12.8 Å². The highest BCUT2D eigenvalue weighted by Crippen LogP contribution is 2.28. The number of ether oxygens (including phenoxy) is 1. The van der Waals surface area contributed by atoms with E-state index in [1.54, 1.807) is 0 Å². The molecule has 3 heteroatoms. The molecule has 0 amide bonds. The molecular weight excluding hydrogens is 406 g/mol.